The van der Waals surface area contributed by atoms with Crippen LogP contribution in [0.5, 0.6) is 0 Å². The molecule has 2 amide bonds. The molecular weight excluding hydrogens is 394 g/mol. The molecule has 0 unspecified atom stereocenters. The number of piperidine rings is 1. The van der Waals surface area contributed by atoms with E-state index >= 15 is 0 Å². The molecule has 168 valence electrons. The van der Waals surface area contributed by atoms with Crippen molar-refractivity contribution in [2.45, 2.75) is 51.8 Å². The van der Waals surface area contributed by atoms with Crippen molar-refractivity contribution in [3.05, 3.63) is 47.9 Å². The number of nitrogens with one attached hydrogen (secondary N) is 1. The van der Waals surface area contributed by atoms with E-state index in [4.69, 9.17) is 4.74 Å². The lowest BCUT2D eigenvalue weighted by molar-refractivity contribution is 0.0187. The second-order valence-corrected chi connectivity index (χ2v) is 9.10. The van der Waals surface area contributed by atoms with Gasteiger partial charge in [0.2, 0.25) is 0 Å². The van der Waals surface area contributed by atoms with Crippen molar-refractivity contribution < 1.29 is 14.3 Å². The monoisotopic (exact) mass is 427 g/mol. The molecule has 2 aromatic rings. The van der Waals surface area contributed by atoms with Gasteiger partial charge in [-0.2, -0.15) is 0 Å². The minimum Gasteiger partial charge on any atom is -0.444 e. The summed E-state index contributed by atoms with van der Waals surface area (Å²) < 4.78 is 7.49. The smallest absolute Gasteiger partial charge is 0.410 e. The highest BCUT2D eigenvalue weighted by atomic mass is 16.6. The van der Waals surface area contributed by atoms with E-state index in [2.05, 4.69) is 10.3 Å². The number of nitrogens with zero attached hydrogens (tertiary/aromatic N) is 4. The molecule has 1 aliphatic rings. The van der Waals surface area contributed by atoms with Gasteiger partial charge in [0.05, 0.1) is 0 Å². The quantitative estimate of drug-likeness (QED) is 0.791. The first-order chi connectivity index (χ1) is 14.6. The predicted octanol–water partition coefficient (Wildman–Crippen LogP) is 3.45. The summed E-state index contributed by atoms with van der Waals surface area (Å²) in [6.07, 6.45) is 5.01. The van der Waals surface area contributed by atoms with Crippen molar-refractivity contribution in [3.8, 4) is 0 Å². The van der Waals surface area contributed by atoms with Crippen LogP contribution >= 0.6 is 0 Å². The average molecular weight is 428 g/mol. The Morgan fingerprint density at radius 3 is 2.48 bits per heavy atom. The molecule has 1 saturated heterocycles. The van der Waals surface area contributed by atoms with Gasteiger partial charge < -0.3 is 24.4 Å². The van der Waals surface area contributed by atoms with E-state index in [9.17, 15) is 9.59 Å². The van der Waals surface area contributed by atoms with Crippen molar-refractivity contribution in [1.82, 2.24) is 19.8 Å². The van der Waals surface area contributed by atoms with E-state index in [0.29, 0.717) is 25.3 Å². The van der Waals surface area contributed by atoms with Crippen LogP contribution < -0.4 is 10.2 Å². The third kappa shape index (κ3) is 5.99. The van der Waals surface area contributed by atoms with Gasteiger partial charge in [0.15, 0.2) is 0 Å². The first-order valence-corrected chi connectivity index (χ1v) is 10.7. The number of aromatic nitrogens is 2. The minimum absolute atomic E-state index is 0.115. The molecule has 0 radical (unpaired) electrons. The van der Waals surface area contributed by atoms with Crippen LogP contribution in [0.2, 0.25) is 0 Å². The third-order valence-corrected chi connectivity index (χ3v) is 5.24. The number of carbonyl (C=O) groups is 2. The van der Waals surface area contributed by atoms with Gasteiger partial charge in [-0.1, -0.05) is 6.07 Å². The molecule has 0 aliphatic carbocycles. The number of pyridine rings is 1. The number of rotatable bonds is 5. The van der Waals surface area contributed by atoms with E-state index in [-0.39, 0.29) is 18.0 Å². The molecule has 0 atom stereocenters. The molecule has 1 fully saturated rings. The zero-order chi connectivity index (χ0) is 22.6. The fourth-order valence-corrected chi connectivity index (χ4v) is 3.62. The highest BCUT2D eigenvalue weighted by Gasteiger charge is 2.28. The molecular formula is C23H33N5O3. The molecule has 31 heavy (non-hydrogen) atoms. The normalized spacial score (nSPS) is 14.9. The molecule has 0 aromatic carbocycles. The van der Waals surface area contributed by atoms with E-state index in [0.717, 1.165) is 24.2 Å². The van der Waals surface area contributed by atoms with Gasteiger partial charge in [-0.3, -0.25) is 4.79 Å². The maximum atomic E-state index is 12.8. The largest absolute Gasteiger partial charge is 0.444 e. The van der Waals surface area contributed by atoms with E-state index in [1.807, 2.05) is 74.8 Å². The molecule has 3 heterocycles. The standard InChI is InChI=1S/C23H33N5O3/c1-23(2,3)31-22(30)27-13-10-18(11-14-27)28-12-6-7-19(28)21(29)25-16-17-8-9-20(24-15-17)26(4)5/h6-9,12,15,18H,10-11,13-14,16H2,1-5H3,(H,25,29). The number of likely N-dealkylation sites (tertiary alicyclic amines) is 1. The summed E-state index contributed by atoms with van der Waals surface area (Å²) in [5.41, 5.74) is 1.08. The Balaban J connectivity index is 1.56. The summed E-state index contributed by atoms with van der Waals surface area (Å²) in [5.74, 6) is 0.762. The fraction of sp³-hybridized carbons (Fsp3) is 0.522. The second kappa shape index (κ2) is 9.41. The fourth-order valence-electron chi connectivity index (χ4n) is 3.62. The van der Waals surface area contributed by atoms with Crippen molar-refractivity contribution in [1.29, 1.82) is 0 Å². The Morgan fingerprint density at radius 1 is 1.19 bits per heavy atom. The molecule has 1 N–H and O–H groups in total. The van der Waals surface area contributed by atoms with Gasteiger partial charge in [-0.25, -0.2) is 9.78 Å². The second-order valence-electron chi connectivity index (χ2n) is 9.10. The zero-order valence-corrected chi connectivity index (χ0v) is 19.1. The van der Waals surface area contributed by atoms with Crippen LogP contribution in [0, 0.1) is 0 Å². The van der Waals surface area contributed by atoms with Crippen LogP contribution in [0.15, 0.2) is 36.7 Å². The maximum absolute atomic E-state index is 12.8. The van der Waals surface area contributed by atoms with Crippen molar-refractivity contribution in [2.75, 3.05) is 32.1 Å². The minimum atomic E-state index is -0.498. The van der Waals surface area contributed by atoms with Crippen LogP contribution in [0.4, 0.5) is 10.6 Å². The summed E-state index contributed by atoms with van der Waals surface area (Å²) in [7, 11) is 3.88. The van der Waals surface area contributed by atoms with Gasteiger partial charge in [-0.05, 0) is 57.4 Å². The molecule has 2 aromatic heterocycles. The van der Waals surface area contributed by atoms with E-state index < -0.39 is 5.60 Å². The van der Waals surface area contributed by atoms with Crippen LogP contribution in [0.3, 0.4) is 0 Å². The third-order valence-electron chi connectivity index (χ3n) is 5.24. The Bertz CT molecular complexity index is 891. The highest BCUT2D eigenvalue weighted by Crippen LogP contribution is 2.25. The summed E-state index contributed by atoms with van der Waals surface area (Å²) in [5, 5.41) is 2.98. The molecule has 0 saturated carbocycles. The van der Waals surface area contributed by atoms with Crippen LogP contribution in [-0.2, 0) is 11.3 Å². The first-order valence-electron chi connectivity index (χ1n) is 10.7. The lowest BCUT2D eigenvalue weighted by atomic mass is 10.0. The first kappa shape index (κ1) is 22.7. The number of carbonyl (C=O) groups excluding carboxylic acids is 2. The van der Waals surface area contributed by atoms with Crippen molar-refractivity contribution in [2.24, 2.45) is 0 Å². The highest BCUT2D eigenvalue weighted by molar-refractivity contribution is 5.92. The number of amides is 2. The molecule has 0 spiro atoms. The maximum Gasteiger partial charge on any atom is 0.410 e. The SMILES string of the molecule is CN(C)c1ccc(CNC(=O)c2cccn2C2CCN(C(=O)OC(C)(C)C)CC2)cn1. The Hall–Kier alpha value is -3.03. The van der Waals surface area contributed by atoms with Crippen molar-refractivity contribution in [3.63, 3.8) is 0 Å². The number of hydrogen-bond acceptors (Lipinski definition) is 5. The van der Waals surface area contributed by atoms with Gasteiger partial charge >= 0.3 is 6.09 Å². The lowest BCUT2D eigenvalue weighted by Gasteiger charge is -2.34. The van der Waals surface area contributed by atoms with Crippen LogP contribution in [0.1, 0.15) is 55.7 Å². The van der Waals surface area contributed by atoms with E-state index in [1.165, 1.54) is 0 Å². The summed E-state index contributed by atoms with van der Waals surface area (Å²) in [6, 6.07) is 7.80. The van der Waals surface area contributed by atoms with Gasteiger partial charge in [-0.15, -0.1) is 0 Å². The van der Waals surface area contributed by atoms with E-state index in [1.54, 1.807) is 11.1 Å². The number of ether oxygens (including phenoxy) is 1. The number of anilines is 1. The molecule has 3 rings (SSSR count). The Labute approximate surface area is 184 Å². The zero-order valence-electron chi connectivity index (χ0n) is 19.1. The Morgan fingerprint density at radius 2 is 1.90 bits per heavy atom. The topological polar surface area (TPSA) is 79.7 Å². The predicted molar refractivity (Wildman–Crippen MR) is 120 cm³/mol. The average Bonchev–Trinajstić information content (AvgIpc) is 3.21. The van der Waals surface area contributed by atoms with Gasteiger partial charge in [0.1, 0.15) is 17.1 Å². The molecule has 8 heteroatoms. The Kier molecular flexibility index (Phi) is 6.87. The van der Waals surface area contributed by atoms with Crippen LogP contribution in [-0.4, -0.2) is 59.2 Å². The molecule has 0 bridgehead atoms. The summed E-state index contributed by atoms with van der Waals surface area (Å²) >= 11 is 0. The summed E-state index contributed by atoms with van der Waals surface area (Å²) in [4.78, 5) is 33.1. The van der Waals surface area contributed by atoms with Crippen LogP contribution in [0.25, 0.3) is 0 Å². The molecule has 1 aliphatic heterocycles. The van der Waals surface area contributed by atoms with Gasteiger partial charge in [0.25, 0.3) is 5.91 Å². The van der Waals surface area contributed by atoms with Crippen molar-refractivity contribution >= 4 is 17.8 Å². The number of hydrogen-bond donors (Lipinski definition) is 1. The summed E-state index contributed by atoms with van der Waals surface area (Å²) in [6.45, 7) is 7.26. The lowest BCUT2D eigenvalue weighted by Crippen LogP contribution is -2.42. The van der Waals surface area contributed by atoms with Gasteiger partial charge in [0, 0.05) is 52.2 Å². The molecule has 8 nitrogen and oxygen atoms in total.